The Labute approximate surface area is 268 Å². The number of hydrogen-bond donors (Lipinski definition) is 1. The van der Waals surface area contributed by atoms with Crippen molar-refractivity contribution >= 4 is 26.4 Å². The molecule has 0 aliphatic heterocycles. The van der Waals surface area contributed by atoms with Crippen molar-refractivity contribution in [1.82, 2.24) is 5.32 Å². The Balaban J connectivity index is 1.45. The van der Waals surface area contributed by atoms with E-state index in [9.17, 15) is 19.7 Å². The molecule has 3 aromatic carbocycles. The van der Waals surface area contributed by atoms with Crippen LogP contribution >= 0.6 is 8.60 Å². The summed E-state index contributed by atoms with van der Waals surface area (Å²) in [4.78, 5) is 37.2. The van der Waals surface area contributed by atoms with E-state index in [1.807, 2.05) is 54.6 Å². The van der Waals surface area contributed by atoms with E-state index in [0.717, 1.165) is 22.3 Å². The van der Waals surface area contributed by atoms with Gasteiger partial charge in [-0.25, -0.2) is 9.59 Å². The number of carbonyl (C=O) groups excluding carboxylic acids is 2. The Morgan fingerprint density at radius 2 is 1.61 bits per heavy atom. The summed E-state index contributed by atoms with van der Waals surface area (Å²) < 4.78 is 28.5. The summed E-state index contributed by atoms with van der Waals surface area (Å²) in [7, 11) is -2.23. The number of fused-ring (bicyclic) bond motifs is 3. The van der Waals surface area contributed by atoms with Crippen molar-refractivity contribution in [3.63, 3.8) is 0 Å². The van der Waals surface area contributed by atoms with E-state index in [1.165, 1.54) is 12.1 Å². The molecule has 13 heteroatoms. The molecule has 0 spiro atoms. The molecule has 242 valence electrons. The lowest BCUT2D eigenvalue weighted by Crippen LogP contribution is -2.47. The maximum absolute atomic E-state index is 13.2. The van der Waals surface area contributed by atoms with Gasteiger partial charge < -0.3 is 28.4 Å². The van der Waals surface area contributed by atoms with E-state index >= 15 is 0 Å². The normalized spacial score (nSPS) is 14.2. The van der Waals surface area contributed by atoms with Gasteiger partial charge in [-0.15, -0.1) is 0 Å². The molecule has 0 heterocycles. The topological polar surface area (TPSA) is 159 Å². The third-order valence-corrected chi connectivity index (χ3v) is 8.14. The molecule has 2 unspecified atom stereocenters. The number of nitriles is 1. The van der Waals surface area contributed by atoms with Crippen LogP contribution in [0.15, 0.2) is 72.8 Å². The van der Waals surface area contributed by atoms with Crippen LogP contribution in [0.25, 0.3) is 11.1 Å². The molecule has 4 rings (SSSR count). The van der Waals surface area contributed by atoms with Gasteiger partial charge in [-0.2, -0.15) is 5.26 Å². The van der Waals surface area contributed by atoms with Gasteiger partial charge >= 0.3 is 20.7 Å². The van der Waals surface area contributed by atoms with Gasteiger partial charge in [0.2, 0.25) is 0 Å². The number of hydrogen-bond acceptors (Lipinski definition) is 10. The zero-order valence-electron chi connectivity index (χ0n) is 26.0. The van der Waals surface area contributed by atoms with Gasteiger partial charge in [-0.3, -0.25) is 10.1 Å². The fourth-order valence-electron chi connectivity index (χ4n) is 4.91. The number of nitrogens with one attached hydrogen (secondary N) is 1. The van der Waals surface area contributed by atoms with E-state index in [0.29, 0.717) is 0 Å². The molecule has 3 atom stereocenters. The molecule has 1 aliphatic rings. The van der Waals surface area contributed by atoms with Crippen molar-refractivity contribution in [3.05, 3.63) is 99.6 Å². The van der Waals surface area contributed by atoms with Crippen molar-refractivity contribution in [2.24, 2.45) is 0 Å². The van der Waals surface area contributed by atoms with Crippen LogP contribution < -0.4 is 5.32 Å². The van der Waals surface area contributed by atoms with Crippen LogP contribution in [0, 0.1) is 21.4 Å². The minimum Gasteiger partial charge on any atom is -0.458 e. The van der Waals surface area contributed by atoms with Crippen LogP contribution in [0.5, 0.6) is 0 Å². The van der Waals surface area contributed by atoms with Gasteiger partial charge in [-0.05, 0) is 56.0 Å². The maximum atomic E-state index is 13.2. The van der Waals surface area contributed by atoms with Gasteiger partial charge in [0, 0.05) is 12.0 Å². The lowest BCUT2D eigenvalue weighted by molar-refractivity contribution is -0.386. The van der Waals surface area contributed by atoms with Crippen molar-refractivity contribution in [3.8, 4) is 17.2 Å². The Hall–Kier alpha value is -4.40. The second-order valence-electron chi connectivity index (χ2n) is 11.4. The molecule has 46 heavy (non-hydrogen) atoms. The lowest BCUT2D eigenvalue weighted by Gasteiger charge is -2.26. The number of benzene rings is 3. The predicted octanol–water partition coefficient (Wildman–Crippen LogP) is 7.10. The number of rotatable bonds is 14. The average molecular weight is 650 g/mol. The number of amides is 1. The minimum atomic E-state index is -2.23. The molecule has 0 bridgehead atoms. The Morgan fingerprint density at radius 3 is 2.22 bits per heavy atom. The minimum absolute atomic E-state index is 0.0267. The van der Waals surface area contributed by atoms with Crippen LogP contribution in [-0.4, -0.2) is 48.4 Å². The van der Waals surface area contributed by atoms with E-state index < -0.39 is 49.9 Å². The second kappa shape index (κ2) is 15.7. The predicted molar refractivity (Wildman–Crippen MR) is 169 cm³/mol. The summed E-state index contributed by atoms with van der Waals surface area (Å²) >= 11 is 0. The zero-order valence-corrected chi connectivity index (χ0v) is 26.9. The van der Waals surface area contributed by atoms with Crippen LogP contribution in [0.2, 0.25) is 0 Å². The standard InChI is InChI=1S/C33H36N3O9P/c1-22(23-12-9-10-17-30(23)36(39)40)45-46(42-19-11-18-34)43-21-29(31(37)44-33(2,3)4)35-32(38)41-20-28-26-15-7-5-13-24(26)25-14-6-8-16-27(25)28/h5-10,12-17,22,28-29H,11,19-21H2,1-4H3,(H,35,38)/t22?,29-,46?/m0/s1. The highest BCUT2D eigenvalue weighted by Gasteiger charge is 2.33. The first-order valence-electron chi connectivity index (χ1n) is 14.7. The largest absolute Gasteiger partial charge is 0.458 e. The maximum Gasteiger partial charge on any atom is 0.407 e. The van der Waals surface area contributed by atoms with Gasteiger partial charge in [-0.1, -0.05) is 60.7 Å². The Bertz CT molecular complexity index is 1540. The number of alkyl carbamates (subject to hydrolysis) is 1. The van der Waals surface area contributed by atoms with Crippen LogP contribution in [0.1, 0.15) is 62.8 Å². The molecule has 0 saturated heterocycles. The summed E-state index contributed by atoms with van der Waals surface area (Å²) in [5, 5.41) is 23.1. The fraction of sp³-hybridized carbons (Fsp3) is 0.364. The Morgan fingerprint density at radius 1 is 1.00 bits per heavy atom. The summed E-state index contributed by atoms with van der Waals surface area (Å²) in [5.41, 5.74) is 3.49. The second-order valence-corrected chi connectivity index (χ2v) is 12.6. The molecule has 1 N–H and O–H groups in total. The van der Waals surface area contributed by atoms with E-state index in [-0.39, 0.29) is 36.8 Å². The van der Waals surface area contributed by atoms with Crippen LogP contribution in [0.4, 0.5) is 10.5 Å². The number of nitro benzene ring substituents is 1. The molecule has 3 aromatic rings. The first-order chi connectivity index (χ1) is 22.0. The van der Waals surface area contributed by atoms with Crippen molar-refractivity contribution < 1.29 is 37.6 Å². The molecule has 1 amide bonds. The molecule has 0 saturated carbocycles. The van der Waals surface area contributed by atoms with E-state index in [4.69, 9.17) is 28.3 Å². The number of esters is 1. The average Bonchev–Trinajstić information content (AvgIpc) is 3.34. The Kier molecular flexibility index (Phi) is 11.8. The molecular weight excluding hydrogens is 613 g/mol. The van der Waals surface area contributed by atoms with Crippen LogP contribution in [-0.2, 0) is 27.8 Å². The molecular formula is C33H36N3O9P. The van der Waals surface area contributed by atoms with Gasteiger partial charge in [0.1, 0.15) is 12.2 Å². The first-order valence-corrected chi connectivity index (χ1v) is 15.8. The van der Waals surface area contributed by atoms with E-state index in [2.05, 4.69) is 5.32 Å². The van der Waals surface area contributed by atoms with Gasteiger partial charge in [0.25, 0.3) is 5.69 Å². The third-order valence-electron chi connectivity index (χ3n) is 6.90. The molecule has 12 nitrogen and oxygen atoms in total. The monoisotopic (exact) mass is 649 g/mol. The summed E-state index contributed by atoms with van der Waals surface area (Å²) in [5.74, 6) is -0.965. The van der Waals surface area contributed by atoms with Gasteiger partial charge in [0.15, 0.2) is 6.04 Å². The first kappa shape index (κ1) is 34.5. The van der Waals surface area contributed by atoms with Crippen LogP contribution in [0.3, 0.4) is 0 Å². The molecule has 0 fully saturated rings. The number of carbonyl (C=O) groups is 2. The van der Waals surface area contributed by atoms with E-state index in [1.54, 1.807) is 39.8 Å². The number of nitro groups is 1. The highest BCUT2D eigenvalue weighted by atomic mass is 31.2. The quantitative estimate of drug-likeness (QED) is 0.0628. The zero-order chi connectivity index (χ0) is 33.3. The smallest absolute Gasteiger partial charge is 0.407 e. The summed E-state index contributed by atoms with van der Waals surface area (Å²) in [6.45, 7) is 6.20. The lowest BCUT2D eigenvalue weighted by atomic mass is 9.98. The summed E-state index contributed by atoms with van der Waals surface area (Å²) in [6.07, 6.45) is -1.67. The highest BCUT2D eigenvalue weighted by Crippen LogP contribution is 2.46. The molecule has 0 radical (unpaired) electrons. The third kappa shape index (κ3) is 9.08. The highest BCUT2D eigenvalue weighted by molar-refractivity contribution is 7.41. The summed E-state index contributed by atoms with van der Waals surface area (Å²) in [6, 6.07) is 22.6. The number of nitrogens with zero attached hydrogens (tertiary/aromatic N) is 2. The van der Waals surface area contributed by atoms with Crippen molar-refractivity contribution in [2.75, 3.05) is 19.8 Å². The van der Waals surface area contributed by atoms with Crippen molar-refractivity contribution in [1.29, 1.82) is 5.26 Å². The van der Waals surface area contributed by atoms with Gasteiger partial charge in [0.05, 0.1) is 42.3 Å². The number of para-hydroxylation sites is 1. The number of ether oxygens (including phenoxy) is 2. The van der Waals surface area contributed by atoms with Crippen molar-refractivity contribution in [2.45, 2.75) is 57.8 Å². The SMILES string of the molecule is CC(OP(OCCC#N)OC[C@H](NC(=O)OCC1c2ccccc2-c2ccccc21)C(=O)OC(C)(C)C)c1ccccc1[N+](=O)[O-]. The molecule has 1 aliphatic carbocycles. The fourth-order valence-corrected chi connectivity index (χ4v) is 5.99. The molecule has 0 aromatic heterocycles.